The molecule has 0 saturated carbocycles. The average molecular weight is 1010 g/mol. The van der Waals surface area contributed by atoms with E-state index in [0.29, 0.717) is 36.3 Å². The quantitative estimate of drug-likeness (QED) is 0.0326. The molecular formula is C57H64N5O10P. The van der Waals surface area contributed by atoms with Crippen LogP contribution in [0.4, 0.5) is 5.82 Å². The van der Waals surface area contributed by atoms with E-state index in [9.17, 15) is 19.6 Å². The molecule has 5 aromatic carbocycles. The standard InChI is InChI=1S/C57H64N5O10P/c1-39(2)62(40(3)4)73(70-35-11-33-58)72-51-37-54(71-52(51)38-69-57(44-12-9-8-10-13-44,45-21-28-49(67-6)29-22-45)46-23-30-50(68-7)31-24-46)61-34-32-53(60-56(61)65)59-55(64)43-19-14-41(15-20-43)16-25-47(63)36-42-17-26-48(66-5)27-18-42/h8-10,12-15,17-24,26-32,34,39-40,51-52,54H,11,16,25,35-38H2,1-7H3,(H,59,60,64,65)/t51-,52-,54-,73?/m1/s1. The van der Waals surface area contributed by atoms with Crippen molar-refractivity contribution >= 4 is 26.0 Å². The molecule has 1 N–H and O–H groups in total. The molecule has 4 atom stereocenters. The minimum Gasteiger partial charge on any atom is -0.497 e. The number of ketones is 1. The predicted molar refractivity (Wildman–Crippen MR) is 280 cm³/mol. The van der Waals surface area contributed by atoms with Crippen molar-refractivity contribution < 1.29 is 42.3 Å². The van der Waals surface area contributed by atoms with Crippen molar-refractivity contribution in [2.24, 2.45) is 0 Å². The lowest BCUT2D eigenvalue weighted by molar-refractivity contribution is -0.118. The minimum atomic E-state index is -1.74. The molecule has 73 heavy (non-hydrogen) atoms. The van der Waals surface area contributed by atoms with Gasteiger partial charge >= 0.3 is 5.69 Å². The predicted octanol–water partition coefficient (Wildman–Crippen LogP) is 10.2. The average Bonchev–Trinajstić information content (AvgIpc) is 3.80. The number of carbonyl (C=O) groups excluding carboxylic acids is 2. The van der Waals surface area contributed by atoms with Crippen LogP contribution in [0.15, 0.2) is 144 Å². The van der Waals surface area contributed by atoms with Gasteiger partial charge in [-0.1, -0.05) is 78.9 Å². The van der Waals surface area contributed by atoms with Crippen LogP contribution in [-0.4, -0.2) is 84.7 Å². The Kier molecular flexibility index (Phi) is 19.1. The van der Waals surface area contributed by atoms with E-state index in [1.54, 1.807) is 45.7 Å². The van der Waals surface area contributed by atoms with Crippen LogP contribution in [0.2, 0.25) is 0 Å². The third-order valence-corrected chi connectivity index (χ3v) is 14.7. The normalized spacial score (nSPS) is 16.0. The number of benzene rings is 5. The second kappa shape index (κ2) is 25.8. The number of anilines is 1. The summed E-state index contributed by atoms with van der Waals surface area (Å²) in [5.74, 6) is 1.83. The fourth-order valence-electron chi connectivity index (χ4n) is 8.88. The van der Waals surface area contributed by atoms with Crippen molar-refractivity contribution in [1.29, 1.82) is 5.26 Å². The van der Waals surface area contributed by atoms with Crippen LogP contribution in [0.1, 0.15) is 91.4 Å². The number of amides is 1. The highest BCUT2D eigenvalue weighted by Crippen LogP contribution is 2.51. The van der Waals surface area contributed by atoms with E-state index in [1.165, 1.54) is 4.57 Å². The lowest BCUT2D eigenvalue weighted by Crippen LogP contribution is -2.39. The Morgan fingerprint density at radius 2 is 1.36 bits per heavy atom. The first-order valence-electron chi connectivity index (χ1n) is 24.4. The number of nitrogens with zero attached hydrogens (tertiary/aromatic N) is 4. The fourth-order valence-corrected chi connectivity index (χ4v) is 10.6. The van der Waals surface area contributed by atoms with Gasteiger partial charge in [-0.15, -0.1) is 0 Å². The monoisotopic (exact) mass is 1010 g/mol. The topological polar surface area (TPSA) is 173 Å². The van der Waals surface area contributed by atoms with Crippen molar-refractivity contribution in [2.45, 2.75) is 95.9 Å². The smallest absolute Gasteiger partial charge is 0.351 e. The number of aromatic nitrogens is 2. The summed E-state index contributed by atoms with van der Waals surface area (Å²) in [6.45, 7) is 8.42. The molecule has 1 amide bonds. The molecule has 0 spiro atoms. The van der Waals surface area contributed by atoms with E-state index < -0.39 is 44.2 Å². The Balaban J connectivity index is 1.13. The van der Waals surface area contributed by atoms with Crippen LogP contribution in [0.3, 0.4) is 0 Å². The van der Waals surface area contributed by atoms with Gasteiger partial charge in [0.05, 0.1) is 53.1 Å². The number of hydrogen-bond acceptors (Lipinski definition) is 13. The molecule has 0 aliphatic carbocycles. The van der Waals surface area contributed by atoms with Crippen molar-refractivity contribution in [3.05, 3.63) is 184 Å². The van der Waals surface area contributed by atoms with E-state index in [2.05, 4.69) is 48.7 Å². The van der Waals surface area contributed by atoms with Gasteiger partial charge in [-0.05, 0) is 117 Å². The highest BCUT2D eigenvalue weighted by atomic mass is 31.2. The van der Waals surface area contributed by atoms with Gasteiger partial charge in [-0.3, -0.25) is 14.2 Å². The van der Waals surface area contributed by atoms with E-state index in [1.807, 2.05) is 115 Å². The molecule has 16 heteroatoms. The van der Waals surface area contributed by atoms with Crippen molar-refractivity contribution in [1.82, 2.24) is 14.2 Å². The lowest BCUT2D eigenvalue weighted by atomic mass is 9.80. The van der Waals surface area contributed by atoms with Gasteiger partial charge in [0.25, 0.3) is 14.4 Å². The number of carbonyl (C=O) groups is 2. The Labute approximate surface area is 428 Å². The zero-order valence-corrected chi connectivity index (χ0v) is 43.3. The fraction of sp³-hybridized carbons (Fsp3) is 0.351. The summed E-state index contributed by atoms with van der Waals surface area (Å²) < 4.78 is 47.4. The minimum absolute atomic E-state index is 0.00599. The summed E-state index contributed by atoms with van der Waals surface area (Å²) in [5, 5.41) is 12.2. The van der Waals surface area contributed by atoms with Crippen molar-refractivity contribution in [3.63, 3.8) is 0 Å². The highest BCUT2D eigenvalue weighted by Gasteiger charge is 2.45. The van der Waals surface area contributed by atoms with E-state index in [0.717, 1.165) is 33.6 Å². The van der Waals surface area contributed by atoms with Crippen LogP contribution in [0, 0.1) is 11.3 Å². The first kappa shape index (κ1) is 54.0. The van der Waals surface area contributed by atoms with Gasteiger partial charge in [0.2, 0.25) is 0 Å². The summed E-state index contributed by atoms with van der Waals surface area (Å²) in [7, 11) is 3.11. The summed E-state index contributed by atoms with van der Waals surface area (Å²) in [6, 6.07) is 43.6. The number of hydrogen-bond donors (Lipinski definition) is 1. The Morgan fingerprint density at radius 3 is 1.90 bits per heavy atom. The van der Waals surface area contributed by atoms with Gasteiger partial charge in [0.15, 0.2) is 0 Å². The second-order valence-corrected chi connectivity index (χ2v) is 19.5. The number of ether oxygens (including phenoxy) is 5. The molecule has 1 saturated heterocycles. The molecule has 0 bridgehead atoms. The molecule has 0 radical (unpaired) electrons. The van der Waals surface area contributed by atoms with Gasteiger partial charge in [0.1, 0.15) is 46.8 Å². The maximum absolute atomic E-state index is 14.0. The zero-order valence-electron chi connectivity index (χ0n) is 42.4. The molecule has 1 aliphatic rings. The largest absolute Gasteiger partial charge is 0.497 e. The van der Waals surface area contributed by atoms with E-state index in [4.69, 9.17) is 32.7 Å². The second-order valence-electron chi connectivity index (χ2n) is 18.1. The van der Waals surface area contributed by atoms with Gasteiger partial charge < -0.3 is 38.0 Å². The number of aryl methyl sites for hydroxylation is 1. The highest BCUT2D eigenvalue weighted by molar-refractivity contribution is 7.44. The Hall–Kier alpha value is -6.76. The van der Waals surface area contributed by atoms with E-state index in [-0.39, 0.29) is 49.7 Å². The van der Waals surface area contributed by atoms with Crippen molar-refractivity contribution in [3.8, 4) is 23.3 Å². The summed E-state index contributed by atoms with van der Waals surface area (Å²) in [5.41, 5.74) is 2.87. The van der Waals surface area contributed by atoms with Crippen LogP contribution in [-0.2, 0) is 41.8 Å². The molecule has 15 nitrogen and oxygen atoms in total. The molecule has 382 valence electrons. The summed E-state index contributed by atoms with van der Waals surface area (Å²) >= 11 is 0. The van der Waals surface area contributed by atoms with E-state index >= 15 is 0 Å². The molecule has 1 aromatic heterocycles. The Morgan fingerprint density at radius 1 is 0.795 bits per heavy atom. The Bertz CT molecular complexity index is 2770. The molecule has 1 unspecified atom stereocenters. The SMILES string of the molecule is COc1ccc(CC(=O)CCc2ccc(C(=O)Nc3ccn([C@H]4C[C@@H](OP(OCCC#N)N(C(C)C)C(C)C)[C@@H](COC(c5ccccc5)(c5ccc(OC)cc5)c5ccc(OC)cc5)O4)c(=O)n3)cc2)cc1. The number of rotatable bonds is 25. The summed E-state index contributed by atoms with van der Waals surface area (Å²) in [6.07, 6.45) is 0.883. The first-order chi connectivity index (χ1) is 35.3. The maximum atomic E-state index is 14.0. The third kappa shape index (κ3) is 13.7. The molecule has 1 aliphatic heterocycles. The number of nitriles is 1. The summed E-state index contributed by atoms with van der Waals surface area (Å²) in [4.78, 5) is 44.4. The third-order valence-electron chi connectivity index (χ3n) is 12.6. The maximum Gasteiger partial charge on any atom is 0.351 e. The van der Waals surface area contributed by atoms with Gasteiger partial charge in [-0.2, -0.15) is 10.2 Å². The van der Waals surface area contributed by atoms with Crippen LogP contribution < -0.4 is 25.2 Å². The molecule has 2 heterocycles. The molecule has 7 rings (SSSR count). The van der Waals surface area contributed by atoms with Crippen LogP contribution in [0.25, 0.3) is 0 Å². The molecule has 6 aromatic rings. The zero-order chi connectivity index (χ0) is 51.9. The number of Topliss-reactive ketones (excluding diaryl/α,β-unsaturated/α-hetero) is 1. The van der Waals surface area contributed by atoms with Crippen molar-refractivity contribution in [2.75, 3.05) is 39.9 Å². The van der Waals surface area contributed by atoms with Gasteiger partial charge in [-0.25, -0.2) is 9.46 Å². The number of methoxy groups -OCH3 is 3. The molecule has 1 fully saturated rings. The van der Waals surface area contributed by atoms with Crippen LogP contribution >= 0.6 is 8.53 Å². The number of nitrogens with one attached hydrogen (secondary N) is 1. The first-order valence-corrected chi connectivity index (χ1v) is 25.5. The molecular weight excluding hydrogens is 946 g/mol. The van der Waals surface area contributed by atoms with Crippen LogP contribution in [0.5, 0.6) is 17.2 Å². The van der Waals surface area contributed by atoms with Gasteiger partial charge in [0, 0.05) is 43.1 Å². The lowest BCUT2D eigenvalue weighted by Gasteiger charge is -2.39.